The Balaban J connectivity index is 2.06. The first-order valence-electron chi connectivity index (χ1n) is 6.22. The maximum atomic E-state index is 13.2. The van der Waals surface area contributed by atoms with Crippen LogP contribution in [-0.2, 0) is 11.2 Å². The monoisotopic (exact) mass is 272 g/mol. The summed E-state index contributed by atoms with van der Waals surface area (Å²) in [7, 11) is 0. The molecule has 2 atom stereocenters. The van der Waals surface area contributed by atoms with Crippen LogP contribution >= 0.6 is 11.6 Å². The van der Waals surface area contributed by atoms with Gasteiger partial charge in [0.15, 0.2) is 0 Å². The van der Waals surface area contributed by atoms with E-state index in [1.807, 2.05) is 0 Å². The first-order valence-corrected chi connectivity index (χ1v) is 6.60. The summed E-state index contributed by atoms with van der Waals surface area (Å²) in [6.45, 7) is 0.764. The van der Waals surface area contributed by atoms with Crippen molar-refractivity contribution >= 4 is 11.6 Å². The van der Waals surface area contributed by atoms with Crippen LogP contribution < -0.4 is 11.3 Å². The maximum absolute atomic E-state index is 13.2. The zero-order valence-corrected chi connectivity index (χ0v) is 10.9. The highest BCUT2D eigenvalue weighted by Crippen LogP contribution is 2.22. The van der Waals surface area contributed by atoms with E-state index >= 15 is 0 Å². The molecule has 0 aliphatic carbocycles. The van der Waals surface area contributed by atoms with Gasteiger partial charge in [0.2, 0.25) is 0 Å². The molecule has 18 heavy (non-hydrogen) atoms. The molecule has 3 N–H and O–H groups in total. The van der Waals surface area contributed by atoms with E-state index in [4.69, 9.17) is 22.2 Å². The number of rotatable bonds is 4. The van der Waals surface area contributed by atoms with E-state index in [0.29, 0.717) is 11.4 Å². The molecule has 1 fully saturated rings. The highest BCUT2D eigenvalue weighted by molar-refractivity contribution is 6.31. The Morgan fingerprint density at radius 2 is 2.33 bits per heavy atom. The Morgan fingerprint density at radius 3 is 3.00 bits per heavy atom. The SMILES string of the molecule is NNC(Cc1cc(F)ccc1Cl)C1CCCCO1. The summed E-state index contributed by atoms with van der Waals surface area (Å²) < 4.78 is 18.9. The van der Waals surface area contributed by atoms with Crippen LogP contribution in [0.3, 0.4) is 0 Å². The van der Waals surface area contributed by atoms with Crippen molar-refractivity contribution in [3.05, 3.63) is 34.6 Å². The molecule has 0 bridgehead atoms. The predicted molar refractivity (Wildman–Crippen MR) is 69.8 cm³/mol. The molecule has 1 aliphatic rings. The molecule has 3 nitrogen and oxygen atoms in total. The van der Waals surface area contributed by atoms with Crippen molar-refractivity contribution in [3.8, 4) is 0 Å². The molecule has 0 spiro atoms. The molecule has 0 saturated carbocycles. The fraction of sp³-hybridized carbons (Fsp3) is 0.538. The number of hydrogen-bond acceptors (Lipinski definition) is 3. The minimum Gasteiger partial charge on any atom is -0.377 e. The molecule has 5 heteroatoms. The summed E-state index contributed by atoms with van der Waals surface area (Å²) in [4.78, 5) is 0. The van der Waals surface area contributed by atoms with Crippen molar-refractivity contribution in [2.45, 2.75) is 37.8 Å². The molecular weight excluding hydrogens is 255 g/mol. The predicted octanol–water partition coefficient (Wildman–Crippen LogP) is 2.42. The minimum atomic E-state index is -0.283. The van der Waals surface area contributed by atoms with Gasteiger partial charge in [-0.2, -0.15) is 0 Å². The van der Waals surface area contributed by atoms with Crippen molar-refractivity contribution in [2.24, 2.45) is 5.84 Å². The fourth-order valence-corrected chi connectivity index (χ4v) is 2.51. The van der Waals surface area contributed by atoms with E-state index in [0.717, 1.165) is 31.4 Å². The first-order chi connectivity index (χ1) is 8.70. The van der Waals surface area contributed by atoms with Gasteiger partial charge in [0.25, 0.3) is 0 Å². The van der Waals surface area contributed by atoms with Crippen LogP contribution in [0.2, 0.25) is 5.02 Å². The molecular formula is C13H18ClFN2O. The van der Waals surface area contributed by atoms with Gasteiger partial charge < -0.3 is 4.74 Å². The van der Waals surface area contributed by atoms with Gasteiger partial charge in [-0.1, -0.05) is 11.6 Å². The van der Waals surface area contributed by atoms with E-state index in [9.17, 15) is 4.39 Å². The quantitative estimate of drug-likeness (QED) is 0.654. The third kappa shape index (κ3) is 3.42. The summed E-state index contributed by atoms with van der Waals surface area (Å²) >= 11 is 6.06. The smallest absolute Gasteiger partial charge is 0.123 e. The average molecular weight is 273 g/mol. The largest absolute Gasteiger partial charge is 0.377 e. The number of hydrogen-bond donors (Lipinski definition) is 2. The summed E-state index contributed by atoms with van der Waals surface area (Å²) in [5, 5.41) is 0.562. The van der Waals surface area contributed by atoms with Gasteiger partial charge in [0, 0.05) is 11.6 Å². The van der Waals surface area contributed by atoms with E-state index in [2.05, 4.69) is 5.43 Å². The second kappa shape index (κ2) is 6.48. The van der Waals surface area contributed by atoms with E-state index < -0.39 is 0 Å². The summed E-state index contributed by atoms with van der Waals surface area (Å²) in [6.07, 6.45) is 3.84. The van der Waals surface area contributed by atoms with Crippen LogP contribution in [0.1, 0.15) is 24.8 Å². The molecule has 0 radical (unpaired) electrons. The highest BCUT2D eigenvalue weighted by Gasteiger charge is 2.24. The van der Waals surface area contributed by atoms with Crippen LogP contribution in [0.5, 0.6) is 0 Å². The number of nitrogens with two attached hydrogens (primary N) is 1. The lowest BCUT2D eigenvalue weighted by Crippen LogP contribution is -2.47. The number of nitrogens with one attached hydrogen (secondary N) is 1. The minimum absolute atomic E-state index is 0.0374. The van der Waals surface area contributed by atoms with Crippen LogP contribution in [0.25, 0.3) is 0 Å². The number of hydrazine groups is 1. The first kappa shape index (κ1) is 13.7. The van der Waals surface area contributed by atoms with Crippen molar-refractivity contribution in [1.29, 1.82) is 0 Å². The van der Waals surface area contributed by atoms with Gasteiger partial charge in [0.05, 0.1) is 12.1 Å². The Morgan fingerprint density at radius 1 is 1.50 bits per heavy atom. The van der Waals surface area contributed by atoms with E-state index in [1.165, 1.54) is 12.1 Å². The second-order valence-corrected chi connectivity index (χ2v) is 5.03. The second-order valence-electron chi connectivity index (χ2n) is 4.62. The Hall–Kier alpha value is -0.680. The summed E-state index contributed by atoms with van der Waals surface area (Å²) in [5.74, 6) is 5.29. The third-order valence-electron chi connectivity index (χ3n) is 3.33. The fourth-order valence-electron chi connectivity index (χ4n) is 2.32. The normalized spacial score (nSPS) is 21.8. The van der Waals surface area contributed by atoms with Crippen molar-refractivity contribution in [3.63, 3.8) is 0 Å². The number of halogens is 2. The lowest BCUT2D eigenvalue weighted by atomic mass is 9.96. The zero-order chi connectivity index (χ0) is 13.0. The van der Waals surface area contributed by atoms with Gasteiger partial charge in [-0.05, 0) is 49.4 Å². The lowest BCUT2D eigenvalue weighted by Gasteiger charge is -2.30. The topological polar surface area (TPSA) is 47.3 Å². The molecule has 1 heterocycles. The summed E-state index contributed by atoms with van der Waals surface area (Å²) in [5.41, 5.74) is 3.52. The third-order valence-corrected chi connectivity index (χ3v) is 3.69. The molecule has 1 aromatic carbocycles. The van der Waals surface area contributed by atoms with E-state index in [-0.39, 0.29) is 18.0 Å². The standard InChI is InChI=1S/C13H18ClFN2O/c14-11-5-4-10(15)7-9(11)8-12(17-16)13-3-1-2-6-18-13/h4-5,7,12-13,17H,1-3,6,8,16H2. The van der Waals surface area contributed by atoms with Crippen molar-refractivity contribution in [1.82, 2.24) is 5.43 Å². The number of ether oxygens (including phenoxy) is 1. The van der Waals surface area contributed by atoms with Gasteiger partial charge in [-0.15, -0.1) is 0 Å². The number of benzene rings is 1. The average Bonchev–Trinajstić information content (AvgIpc) is 2.41. The molecule has 2 rings (SSSR count). The molecule has 1 aliphatic heterocycles. The Kier molecular flexibility index (Phi) is 4.95. The van der Waals surface area contributed by atoms with Gasteiger partial charge >= 0.3 is 0 Å². The zero-order valence-electron chi connectivity index (χ0n) is 10.2. The molecule has 0 amide bonds. The lowest BCUT2D eigenvalue weighted by molar-refractivity contribution is -0.00744. The van der Waals surface area contributed by atoms with Crippen LogP contribution in [0, 0.1) is 5.82 Å². The maximum Gasteiger partial charge on any atom is 0.123 e. The van der Waals surface area contributed by atoms with Gasteiger partial charge in [0.1, 0.15) is 5.82 Å². The van der Waals surface area contributed by atoms with Crippen LogP contribution in [0.15, 0.2) is 18.2 Å². The van der Waals surface area contributed by atoms with Gasteiger partial charge in [-0.3, -0.25) is 11.3 Å². The van der Waals surface area contributed by atoms with Crippen LogP contribution in [0.4, 0.5) is 4.39 Å². The molecule has 1 aromatic rings. The van der Waals surface area contributed by atoms with Gasteiger partial charge in [-0.25, -0.2) is 4.39 Å². The molecule has 1 saturated heterocycles. The molecule has 100 valence electrons. The van der Waals surface area contributed by atoms with Crippen molar-refractivity contribution < 1.29 is 9.13 Å². The van der Waals surface area contributed by atoms with E-state index in [1.54, 1.807) is 6.07 Å². The molecule has 0 aromatic heterocycles. The Bertz CT molecular complexity index is 397. The summed E-state index contributed by atoms with van der Waals surface area (Å²) in [6, 6.07) is 4.34. The van der Waals surface area contributed by atoms with Crippen LogP contribution in [-0.4, -0.2) is 18.8 Å². The highest BCUT2D eigenvalue weighted by atomic mass is 35.5. The van der Waals surface area contributed by atoms with Crippen molar-refractivity contribution in [2.75, 3.05) is 6.61 Å². The Labute approximate surface area is 111 Å². The molecule has 2 unspecified atom stereocenters.